The van der Waals surface area contributed by atoms with Crippen LogP contribution in [0.4, 0.5) is 9.59 Å². The molecule has 10 heteroatoms. The van der Waals surface area contributed by atoms with Crippen LogP contribution in [0, 0.1) is 23.7 Å². The monoisotopic (exact) mass is 558 g/mol. The third-order valence-electron chi connectivity index (χ3n) is 8.54. The first-order chi connectivity index (χ1) is 18.9. The van der Waals surface area contributed by atoms with Gasteiger partial charge in [-0.15, -0.1) is 0 Å². The Morgan fingerprint density at radius 1 is 0.615 bits per heavy atom. The van der Waals surface area contributed by atoms with Crippen LogP contribution < -0.4 is 0 Å². The van der Waals surface area contributed by atoms with E-state index in [1.807, 2.05) is 0 Å². The number of carboxylic acid groups (broad SMARTS) is 2. The van der Waals surface area contributed by atoms with Crippen molar-refractivity contribution in [1.82, 2.24) is 0 Å². The number of ether oxygens (including phenoxy) is 6. The number of unbranched alkanes of at least 4 members (excludes halogenated alkanes) is 1. The van der Waals surface area contributed by atoms with E-state index in [0.29, 0.717) is 38.3 Å². The van der Waals surface area contributed by atoms with Gasteiger partial charge in [0.25, 0.3) is 0 Å². The summed E-state index contributed by atoms with van der Waals surface area (Å²) in [6.07, 6.45) is 12.4. The van der Waals surface area contributed by atoms with Crippen molar-refractivity contribution in [1.29, 1.82) is 0 Å². The molecule has 226 valence electrons. The highest BCUT2D eigenvalue weighted by Crippen LogP contribution is 2.36. The van der Waals surface area contributed by atoms with Crippen molar-refractivity contribution < 1.29 is 48.2 Å². The van der Waals surface area contributed by atoms with Crippen LogP contribution in [0.25, 0.3) is 0 Å². The van der Waals surface area contributed by atoms with Crippen molar-refractivity contribution in [2.75, 3.05) is 26.4 Å². The molecule has 2 heterocycles. The van der Waals surface area contributed by atoms with Crippen LogP contribution in [0.5, 0.6) is 0 Å². The highest BCUT2D eigenvalue weighted by molar-refractivity contribution is 5.57. The molecule has 2 aliphatic heterocycles. The number of carbonyl (C=O) groups is 2. The molecule has 4 fully saturated rings. The molecule has 0 aromatic rings. The summed E-state index contributed by atoms with van der Waals surface area (Å²) in [6, 6.07) is 0. The number of hydrogen-bond donors (Lipinski definition) is 2. The minimum absolute atomic E-state index is 0.170. The highest BCUT2D eigenvalue weighted by atomic mass is 16.7. The van der Waals surface area contributed by atoms with E-state index in [1.165, 1.54) is 57.8 Å². The second kappa shape index (κ2) is 17.3. The third kappa shape index (κ3) is 11.4. The molecule has 39 heavy (non-hydrogen) atoms. The van der Waals surface area contributed by atoms with Gasteiger partial charge in [0, 0.05) is 11.8 Å². The molecule has 0 radical (unpaired) electrons. The van der Waals surface area contributed by atoms with E-state index >= 15 is 0 Å². The Labute approximate surface area is 233 Å². The van der Waals surface area contributed by atoms with E-state index in [-0.39, 0.29) is 12.6 Å². The van der Waals surface area contributed by atoms with Crippen LogP contribution in [-0.2, 0) is 28.4 Å². The van der Waals surface area contributed by atoms with Gasteiger partial charge in [0.05, 0.1) is 26.4 Å². The highest BCUT2D eigenvalue weighted by Gasteiger charge is 2.34. The number of rotatable bonds is 9. The fraction of sp³-hybridized carbons (Fsp3) is 0.931. The summed E-state index contributed by atoms with van der Waals surface area (Å²) >= 11 is 0. The summed E-state index contributed by atoms with van der Waals surface area (Å²) < 4.78 is 31.8. The summed E-state index contributed by atoms with van der Waals surface area (Å²) in [6.45, 7) is 5.73. The predicted octanol–water partition coefficient (Wildman–Crippen LogP) is 6.45. The molecule has 0 aromatic heterocycles. The predicted molar refractivity (Wildman–Crippen MR) is 143 cm³/mol. The normalized spacial score (nSPS) is 35.2. The van der Waals surface area contributed by atoms with E-state index < -0.39 is 24.5 Å². The molecule has 2 saturated carbocycles. The maximum atomic E-state index is 10.4. The summed E-state index contributed by atoms with van der Waals surface area (Å²) in [4.78, 5) is 20.9. The lowest BCUT2D eigenvalue weighted by atomic mass is 9.79. The maximum Gasteiger partial charge on any atom is 0.506 e. The Kier molecular flexibility index (Phi) is 14.1. The summed E-state index contributed by atoms with van der Waals surface area (Å²) in [5, 5.41) is 17.1. The van der Waals surface area contributed by atoms with Gasteiger partial charge in [0.1, 0.15) is 0 Å². The van der Waals surface area contributed by atoms with Crippen molar-refractivity contribution in [2.45, 2.75) is 122 Å². The molecule has 0 unspecified atom stereocenters. The second-order valence-corrected chi connectivity index (χ2v) is 11.6. The average molecular weight is 559 g/mol. The molecule has 0 bridgehead atoms. The minimum Gasteiger partial charge on any atom is -0.450 e. The lowest BCUT2D eigenvalue weighted by Gasteiger charge is -2.37. The molecule has 10 nitrogen and oxygen atoms in total. The Bertz CT molecular complexity index is 686. The summed E-state index contributed by atoms with van der Waals surface area (Å²) in [5.41, 5.74) is 0. The fourth-order valence-corrected chi connectivity index (χ4v) is 6.37. The van der Waals surface area contributed by atoms with Crippen LogP contribution in [-0.4, -0.2) is 73.7 Å². The topological polar surface area (TPSA) is 130 Å². The van der Waals surface area contributed by atoms with Gasteiger partial charge < -0.3 is 38.6 Å². The summed E-state index contributed by atoms with van der Waals surface area (Å²) in [7, 11) is 0. The van der Waals surface area contributed by atoms with Gasteiger partial charge in [-0.3, -0.25) is 0 Å². The molecule has 0 atom stereocenters. The molecule has 4 rings (SSSR count). The van der Waals surface area contributed by atoms with Crippen molar-refractivity contribution in [3.63, 3.8) is 0 Å². The Morgan fingerprint density at radius 3 is 1.33 bits per heavy atom. The van der Waals surface area contributed by atoms with Crippen molar-refractivity contribution in [3.05, 3.63) is 0 Å². The molecule has 2 aliphatic carbocycles. The molecule has 2 saturated heterocycles. The van der Waals surface area contributed by atoms with Crippen molar-refractivity contribution in [2.24, 2.45) is 23.7 Å². The van der Waals surface area contributed by atoms with E-state index in [2.05, 4.69) is 23.3 Å². The van der Waals surface area contributed by atoms with Gasteiger partial charge >= 0.3 is 12.3 Å². The third-order valence-corrected chi connectivity index (χ3v) is 8.54. The lowest BCUT2D eigenvalue weighted by Crippen LogP contribution is -2.42. The van der Waals surface area contributed by atoms with E-state index in [1.54, 1.807) is 0 Å². The lowest BCUT2D eigenvalue weighted by molar-refractivity contribution is -0.243. The fourth-order valence-electron chi connectivity index (χ4n) is 6.37. The maximum absolute atomic E-state index is 10.4. The van der Waals surface area contributed by atoms with Gasteiger partial charge in [-0.05, 0) is 63.2 Å². The Hall–Kier alpha value is -1.62. The zero-order valence-corrected chi connectivity index (χ0v) is 23.8. The molecule has 0 amide bonds. The van der Waals surface area contributed by atoms with Crippen molar-refractivity contribution >= 4 is 12.3 Å². The van der Waals surface area contributed by atoms with Crippen LogP contribution in [0.3, 0.4) is 0 Å². The number of hydrogen-bond acceptors (Lipinski definition) is 8. The Balaban J connectivity index is 0.000000216. The van der Waals surface area contributed by atoms with Crippen LogP contribution >= 0.6 is 0 Å². The molecule has 0 aromatic carbocycles. The second-order valence-electron chi connectivity index (χ2n) is 11.6. The van der Waals surface area contributed by atoms with Crippen molar-refractivity contribution in [3.8, 4) is 0 Å². The van der Waals surface area contributed by atoms with Gasteiger partial charge in [-0.2, -0.15) is 0 Å². The average Bonchev–Trinajstić information content (AvgIpc) is 2.93. The quantitative estimate of drug-likeness (QED) is 0.305. The summed E-state index contributed by atoms with van der Waals surface area (Å²) in [5.74, 6) is 2.66. The first-order valence-electron chi connectivity index (χ1n) is 15.1. The van der Waals surface area contributed by atoms with Gasteiger partial charge in [-0.1, -0.05) is 46.0 Å². The molecular formula is C29H50O10. The van der Waals surface area contributed by atoms with Gasteiger partial charge in [0.15, 0.2) is 24.8 Å². The smallest absolute Gasteiger partial charge is 0.450 e. The van der Waals surface area contributed by atoms with E-state index in [9.17, 15) is 9.59 Å². The van der Waals surface area contributed by atoms with Gasteiger partial charge in [0.2, 0.25) is 0 Å². The molecule has 4 aliphatic rings. The molecule has 2 N–H and O–H groups in total. The van der Waals surface area contributed by atoms with E-state index in [0.717, 1.165) is 37.5 Å². The van der Waals surface area contributed by atoms with Crippen LogP contribution in [0.1, 0.15) is 97.3 Å². The minimum atomic E-state index is -1.27. The Morgan fingerprint density at radius 2 is 1.00 bits per heavy atom. The van der Waals surface area contributed by atoms with Gasteiger partial charge in [-0.25, -0.2) is 9.59 Å². The first kappa shape index (κ1) is 31.9. The standard InChI is InChI=1S/C15H26O5.C14H24O5/c1-2-3-4-11-5-7-12(8-6-11)14-18-9-13(10-19-14)20-15(16)17;1-2-3-10-4-6-11(7-5-10)13-17-8-12(9-18-13)19-14(15)16/h11-14H,2-10H2,1H3,(H,16,17);10-13H,2-9H2,1H3,(H,15,16). The molecule has 0 spiro atoms. The van der Waals surface area contributed by atoms with Crippen LogP contribution in [0.15, 0.2) is 0 Å². The largest absolute Gasteiger partial charge is 0.506 e. The van der Waals surface area contributed by atoms with E-state index in [4.69, 9.17) is 29.2 Å². The van der Waals surface area contributed by atoms with Crippen LogP contribution in [0.2, 0.25) is 0 Å². The first-order valence-corrected chi connectivity index (χ1v) is 15.1. The zero-order chi connectivity index (χ0) is 28.0. The molecular weight excluding hydrogens is 508 g/mol. The SMILES string of the molecule is CCCC1CCC(C2OCC(OC(=O)O)CO2)CC1.CCCCC1CCC(C2OCC(OC(=O)O)CO2)CC1. The zero-order valence-electron chi connectivity index (χ0n) is 23.8.